The Morgan fingerprint density at radius 3 is 2.55 bits per heavy atom. The summed E-state index contributed by atoms with van der Waals surface area (Å²) in [5, 5.41) is 0. The highest BCUT2D eigenvalue weighted by atomic mass is 15.1. The van der Waals surface area contributed by atoms with Crippen molar-refractivity contribution in [2.45, 2.75) is 33.6 Å². The fraction of sp³-hybridized carbons (Fsp3) is 0.208. The van der Waals surface area contributed by atoms with E-state index < -0.39 is 0 Å². The van der Waals surface area contributed by atoms with Gasteiger partial charge in [-0.25, -0.2) is 15.0 Å². The third-order valence-corrected chi connectivity index (χ3v) is 5.07. The molecule has 0 amide bonds. The minimum Gasteiger partial charge on any atom is -0.383 e. The first kappa shape index (κ1) is 18.9. The second-order valence-corrected chi connectivity index (χ2v) is 7.15. The Labute approximate surface area is 171 Å². The highest BCUT2D eigenvalue weighted by Crippen LogP contribution is 2.31. The van der Waals surface area contributed by atoms with E-state index in [9.17, 15) is 0 Å². The third kappa shape index (κ3) is 3.51. The highest BCUT2D eigenvalue weighted by molar-refractivity contribution is 5.84. The van der Waals surface area contributed by atoms with E-state index in [1.807, 2.05) is 18.2 Å². The van der Waals surface area contributed by atoms with Gasteiger partial charge in [-0.1, -0.05) is 37.1 Å². The number of aromatic nitrogens is 4. The van der Waals surface area contributed by atoms with Crippen LogP contribution in [0.2, 0.25) is 0 Å². The number of nitrogen functional groups attached to an aromatic ring is 1. The van der Waals surface area contributed by atoms with Gasteiger partial charge in [0.25, 0.3) is 0 Å². The Morgan fingerprint density at radius 2 is 1.86 bits per heavy atom. The molecule has 0 aliphatic carbocycles. The first-order chi connectivity index (χ1) is 14.1. The number of hydrogen-bond donors (Lipinski definition) is 1. The number of fused-ring (bicyclic) bond motifs is 1. The van der Waals surface area contributed by atoms with Crippen LogP contribution in [0.5, 0.6) is 0 Å². The minimum atomic E-state index is 0.455. The number of nitrogens with zero attached hydrogens (tertiary/aromatic N) is 4. The first-order valence-corrected chi connectivity index (χ1v) is 9.95. The molecule has 0 saturated heterocycles. The van der Waals surface area contributed by atoms with Crippen LogP contribution < -0.4 is 5.73 Å². The molecule has 2 N–H and O–H groups in total. The molecule has 0 atom stereocenters. The van der Waals surface area contributed by atoms with Gasteiger partial charge >= 0.3 is 0 Å². The van der Waals surface area contributed by atoms with Gasteiger partial charge in [-0.15, -0.1) is 0 Å². The predicted molar refractivity (Wildman–Crippen MR) is 120 cm³/mol. The van der Waals surface area contributed by atoms with Crippen LogP contribution in [0.1, 0.15) is 37.9 Å². The van der Waals surface area contributed by atoms with Crippen molar-refractivity contribution in [3.8, 4) is 17.1 Å². The van der Waals surface area contributed by atoms with Gasteiger partial charge in [0.15, 0.2) is 11.5 Å². The number of benzene rings is 1. The van der Waals surface area contributed by atoms with Crippen molar-refractivity contribution in [3.05, 3.63) is 72.1 Å². The number of allylic oxidation sites excluding steroid dienone is 2. The zero-order chi connectivity index (χ0) is 20.4. The van der Waals surface area contributed by atoms with Gasteiger partial charge in [-0.05, 0) is 62.2 Å². The van der Waals surface area contributed by atoms with Gasteiger partial charge in [0.05, 0.1) is 11.3 Å². The van der Waals surface area contributed by atoms with Gasteiger partial charge in [0.2, 0.25) is 0 Å². The fourth-order valence-corrected chi connectivity index (χ4v) is 3.55. The van der Waals surface area contributed by atoms with Crippen LogP contribution in [0, 0.1) is 6.92 Å². The van der Waals surface area contributed by atoms with Gasteiger partial charge in [0, 0.05) is 11.9 Å². The first-order valence-electron chi connectivity index (χ1n) is 9.95. The lowest BCUT2D eigenvalue weighted by molar-refractivity contribution is 0.963. The molecular weight excluding hydrogens is 358 g/mol. The van der Waals surface area contributed by atoms with Crippen LogP contribution in [0.15, 0.2) is 60.8 Å². The third-order valence-electron chi connectivity index (χ3n) is 5.07. The summed E-state index contributed by atoms with van der Waals surface area (Å²) in [5.74, 6) is 1.20. The molecule has 5 heteroatoms. The van der Waals surface area contributed by atoms with E-state index in [0.29, 0.717) is 5.82 Å². The van der Waals surface area contributed by atoms with Crippen molar-refractivity contribution in [1.29, 1.82) is 0 Å². The molecule has 29 heavy (non-hydrogen) atoms. The van der Waals surface area contributed by atoms with Crippen molar-refractivity contribution in [1.82, 2.24) is 19.5 Å². The molecule has 0 radical (unpaired) electrons. The zero-order valence-electron chi connectivity index (χ0n) is 17.1. The smallest absolute Gasteiger partial charge is 0.165 e. The Hall–Kier alpha value is -3.47. The average Bonchev–Trinajstić information content (AvgIpc) is 3.11. The number of imidazole rings is 1. The zero-order valence-corrected chi connectivity index (χ0v) is 17.1. The monoisotopic (exact) mass is 383 g/mol. The van der Waals surface area contributed by atoms with Crippen LogP contribution in [0.4, 0.5) is 5.82 Å². The maximum absolute atomic E-state index is 6.19. The lowest BCUT2D eigenvalue weighted by atomic mass is 10.1. The maximum Gasteiger partial charge on any atom is 0.165 e. The Bertz CT molecular complexity index is 1190. The standard InChI is InChI=1S/C24H25N5/c1-4-7-17(5-2)20-13-14-21-24(27-20)29(18-11-9-16(3)10-12-18)23(28-21)19-8-6-15-26-22(19)25/h5-6,8-15H,4,7H2,1-3H3,(H2,25,26)/b17-5+. The Balaban J connectivity index is 2.01. The molecule has 3 heterocycles. The summed E-state index contributed by atoms with van der Waals surface area (Å²) in [6.07, 6.45) is 5.91. The van der Waals surface area contributed by atoms with E-state index in [1.54, 1.807) is 6.20 Å². The van der Waals surface area contributed by atoms with Crippen molar-refractivity contribution in [2.75, 3.05) is 5.73 Å². The van der Waals surface area contributed by atoms with E-state index in [1.165, 1.54) is 11.1 Å². The normalized spacial score (nSPS) is 11.9. The highest BCUT2D eigenvalue weighted by Gasteiger charge is 2.18. The fourth-order valence-electron chi connectivity index (χ4n) is 3.55. The van der Waals surface area contributed by atoms with Crippen LogP contribution in [-0.4, -0.2) is 19.5 Å². The molecular formula is C24H25N5. The molecule has 0 bridgehead atoms. The van der Waals surface area contributed by atoms with E-state index in [0.717, 1.165) is 46.8 Å². The number of rotatable bonds is 5. The predicted octanol–water partition coefficient (Wildman–Crippen LogP) is 5.58. The van der Waals surface area contributed by atoms with Crippen LogP contribution in [0.3, 0.4) is 0 Å². The van der Waals surface area contributed by atoms with E-state index in [2.05, 4.69) is 66.7 Å². The summed E-state index contributed by atoms with van der Waals surface area (Å²) < 4.78 is 2.07. The van der Waals surface area contributed by atoms with E-state index in [4.69, 9.17) is 15.7 Å². The number of nitrogens with two attached hydrogens (primary N) is 1. The van der Waals surface area contributed by atoms with Crippen LogP contribution >= 0.6 is 0 Å². The van der Waals surface area contributed by atoms with Crippen molar-refractivity contribution >= 4 is 22.6 Å². The van der Waals surface area contributed by atoms with Gasteiger partial charge in [0.1, 0.15) is 11.3 Å². The summed E-state index contributed by atoms with van der Waals surface area (Å²) >= 11 is 0. The molecule has 146 valence electrons. The summed E-state index contributed by atoms with van der Waals surface area (Å²) in [5.41, 5.74) is 13.1. The molecule has 3 aromatic heterocycles. The SMILES string of the molecule is C/C=C(\CCC)c1ccc2nc(-c3cccnc3N)n(-c3ccc(C)cc3)c2n1. The number of aryl methyl sites for hydroxylation is 1. The second-order valence-electron chi connectivity index (χ2n) is 7.15. The average molecular weight is 383 g/mol. The topological polar surface area (TPSA) is 69.6 Å². The lowest BCUT2D eigenvalue weighted by Gasteiger charge is -2.11. The molecule has 0 aliphatic heterocycles. The molecule has 4 rings (SSSR count). The quantitative estimate of drug-likeness (QED) is 0.489. The van der Waals surface area contributed by atoms with E-state index >= 15 is 0 Å². The minimum absolute atomic E-state index is 0.455. The number of anilines is 1. The summed E-state index contributed by atoms with van der Waals surface area (Å²) in [6.45, 7) is 6.33. The van der Waals surface area contributed by atoms with Gasteiger partial charge in [-0.3, -0.25) is 4.57 Å². The molecule has 0 fully saturated rings. The molecule has 0 saturated carbocycles. The number of pyridine rings is 2. The van der Waals surface area contributed by atoms with Crippen LogP contribution in [-0.2, 0) is 0 Å². The molecule has 0 spiro atoms. The van der Waals surface area contributed by atoms with Crippen molar-refractivity contribution in [3.63, 3.8) is 0 Å². The second kappa shape index (κ2) is 7.87. The molecule has 4 aromatic rings. The van der Waals surface area contributed by atoms with Gasteiger partial charge < -0.3 is 5.73 Å². The maximum atomic E-state index is 6.19. The summed E-state index contributed by atoms with van der Waals surface area (Å²) in [4.78, 5) is 14.1. The summed E-state index contributed by atoms with van der Waals surface area (Å²) in [6, 6.07) is 16.3. The molecule has 1 aromatic carbocycles. The lowest BCUT2D eigenvalue weighted by Crippen LogP contribution is -2.02. The van der Waals surface area contributed by atoms with E-state index in [-0.39, 0.29) is 0 Å². The molecule has 0 unspecified atom stereocenters. The van der Waals surface area contributed by atoms with Crippen molar-refractivity contribution < 1.29 is 0 Å². The van der Waals surface area contributed by atoms with Crippen LogP contribution in [0.25, 0.3) is 33.8 Å². The Morgan fingerprint density at radius 1 is 1.07 bits per heavy atom. The molecule has 0 aliphatic rings. The van der Waals surface area contributed by atoms with Gasteiger partial charge in [-0.2, -0.15) is 0 Å². The number of hydrogen-bond acceptors (Lipinski definition) is 4. The molecule has 5 nitrogen and oxygen atoms in total. The van der Waals surface area contributed by atoms with Crippen molar-refractivity contribution in [2.24, 2.45) is 0 Å². The summed E-state index contributed by atoms with van der Waals surface area (Å²) in [7, 11) is 0. The Kier molecular flexibility index (Phi) is 5.12. The largest absolute Gasteiger partial charge is 0.383 e.